The van der Waals surface area contributed by atoms with Gasteiger partial charge in [0.25, 0.3) is 0 Å². The van der Waals surface area contributed by atoms with E-state index in [2.05, 4.69) is 10.1 Å². The predicted molar refractivity (Wildman–Crippen MR) is 86.8 cm³/mol. The van der Waals surface area contributed by atoms with E-state index >= 15 is 0 Å². The van der Waals surface area contributed by atoms with Gasteiger partial charge in [0.1, 0.15) is 11.6 Å². The molecule has 0 radical (unpaired) electrons. The smallest absolute Gasteiger partial charge is 0.161 e. The zero-order valence-electron chi connectivity index (χ0n) is 13.2. The number of rotatable bonds is 2. The maximum atomic E-state index is 14.0. The van der Waals surface area contributed by atoms with Crippen LogP contribution in [0.2, 0.25) is 0 Å². The molecule has 0 spiro atoms. The highest BCUT2D eigenvalue weighted by Gasteiger charge is 2.31. The number of benzene rings is 1. The van der Waals surface area contributed by atoms with Gasteiger partial charge in [-0.1, -0.05) is 0 Å². The number of aromatic nitrogens is 3. The van der Waals surface area contributed by atoms with E-state index in [1.165, 1.54) is 0 Å². The van der Waals surface area contributed by atoms with Gasteiger partial charge in [0.2, 0.25) is 0 Å². The van der Waals surface area contributed by atoms with E-state index in [0.29, 0.717) is 25.6 Å². The van der Waals surface area contributed by atoms with Crippen LogP contribution in [0.3, 0.4) is 0 Å². The number of nitrogens with two attached hydrogens (primary N) is 1. The van der Waals surface area contributed by atoms with Crippen molar-refractivity contribution in [3.05, 3.63) is 59.7 Å². The second-order valence-corrected chi connectivity index (χ2v) is 6.21. The van der Waals surface area contributed by atoms with Crippen LogP contribution in [0.5, 0.6) is 0 Å². The molecule has 4 rings (SSSR count). The third kappa shape index (κ3) is 2.82. The summed E-state index contributed by atoms with van der Waals surface area (Å²) in [6.45, 7) is 1.04. The first-order chi connectivity index (χ1) is 12.0. The SMILES string of the molecule is NC1CN(c2ccn3nccc3n2)CC[C@@H]1c1cc(F)c(F)cc1F. The van der Waals surface area contributed by atoms with Gasteiger partial charge in [0, 0.05) is 43.4 Å². The highest BCUT2D eigenvalue weighted by molar-refractivity contribution is 5.48. The first kappa shape index (κ1) is 15.9. The molecule has 1 aliphatic heterocycles. The van der Waals surface area contributed by atoms with Crippen LogP contribution in [0.25, 0.3) is 5.65 Å². The molecule has 1 aromatic carbocycles. The molecule has 3 aromatic rings. The van der Waals surface area contributed by atoms with Crippen molar-refractivity contribution in [1.29, 1.82) is 0 Å². The van der Waals surface area contributed by atoms with E-state index in [0.717, 1.165) is 17.5 Å². The van der Waals surface area contributed by atoms with Gasteiger partial charge in [-0.15, -0.1) is 0 Å². The van der Waals surface area contributed by atoms with Crippen LogP contribution in [0, 0.1) is 17.5 Å². The number of halogens is 3. The highest BCUT2D eigenvalue weighted by atomic mass is 19.2. The van der Waals surface area contributed by atoms with Crippen molar-refractivity contribution in [3.8, 4) is 0 Å². The Labute approximate surface area is 141 Å². The normalized spacial score (nSPS) is 21.0. The summed E-state index contributed by atoms with van der Waals surface area (Å²) in [6, 6.07) is 4.72. The summed E-state index contributed by atoms with van der Waals surface area (Å²) in [4.78, 5) is 6.53. The van der Waals surface area contributed by atoms with Crippen LogP contribution in [0.4, 0.5) is 19.0 Å². The Hall–Kier alpha value is -2.61. The minimum Gasteiger partial charge on any atom is -0.355 e. The lowest BCUT2D eigenvalue weighted by atomic mass is 9.85. The molecule has 0 aliphatic carbocycles. The van der Waals surface area contributed by atoms with Crippen LogP contribution in [-0.2, 0) is 0 Å². The second-order valence-electron chi connectivity index (χ2n) is 6.21. The molecule has 1 aliphatic rings. The van der Waals surface area contributed by atoms with Crippen molar-refractivity contribution in [2.45, 2.75) is 18.4 Å². The van der Waals surface area contributed by atoms with Crippen LogP contribution < -0.4 is 10.6 Å². The van der Waals surface area contributed by atoms with Crippen molar-refractivity contribution < 1.29 is 13.2 Å². The molecule has 2 atom stereocenters. The molecule has 1 fully saturated rings. The summed E-state index contributed by atoms with van der Waals surface area (Å²) >= 11 is 0. The summed E-state index contributed by atoms with van der Waals surface area (Å²) in [5, 5.41) is 4.10. The molecule has 0 amide bonds. The Bertz CT molecular complexity index is 926. The fourth-order valence-corrected chi connectivity index (χ4v) is 3.38. The van der Waals surface area contributed by atoms with E-state index in [1.807, 2.05) is 17.2 Å². The third-order valence-electron chi connectivity index (χ3n) is 4.66. The maximum absolute atomic E-state index is 14.0. The second kappa shape index (κ2) is 6.03. The average molecular weight is 347 g/mol. The van der Waals surface area contributed by atoms with Crippen LogP contribution in [0.15, 0.2) is 36.7 Å². The number of hydrogen-bond donors (Lipinski definition) is 1. The monoisotopic (exact) mass is 347 g/mol. The average Bonchev–Trinajstić information content (AvgIpc) is 3.06. The van der Waals surface area contributed by atoms with Crippen LogP contribution in [-0.4, -0.2) is 33.7 Å². The highest BCUT2D eigenvalue weighted by Crippen LogP contribution is 2.32. The number of anilines is 1. The first-order valence-electron chi connectivity index (χ1n) is 7.98. The van der Waals surface area contributed by atoms with E-state index in [1.54, 1.807) is 16.8 Å². The summed E-state index contributed by atoms with van der Waals surface area (Å²) in [5.41, 5.74) is 7.07. The number of fused-ring (bicyclic) bond motifs is 1. The molecule has 1 unspecified atom stereocenters. The van der Waals surface area contributed by atoms with Crippen molar-refractivity contribution in [3.63, 3.8) is 0 Å². The zero-order valence-corrected chi connectivity index (χ0v) is 13.2. The minimum atomic E-state index is -1.19. The van der Waals surface area contributed by atoms with Gasteiger partial charge < -0.3 is 10.6 Å². The molecule has 0 bridgehead atoms. The fraction of sp³-hybridized carbons (Fsp3) is 0.294. The molecular weight excluding hydrogens is 331 g/mol. The lowest BCUT2D eigenvalue weighted by molar-refractivity contribution is 0.416. The van der Waals surface area contributed by atoms with Crippen molar-refractivity contribution >= 4 is 11.5 Å². The first-order valence-corrected chi connectivity index (χ1v) is 7.98. The van der Waals surface area contributed by atoms with Gasteiger partial charge in [-0.2, -0.15) is 5.10 Å². The molecule has 0 saturated carbocycles. The topological polar surface area (TPSA) is 59.5 Å². The Morgan fingerprint density at radius 2 is 1.88 bits per heavy atom. The lowest BCUT2D eigenvalue weighted by Crippen LogP contribution is -2.48. The quantitative estimate of drug-likeness (QED) is 0.724. The zero-order chi connectivity index (χ0) is 17.6. The molecule has 3 heterocycles. The van der Waals surface area contributed by atoms with Gasteiger partial charge >= 0.3 is 0 Å². The van der Waals surface area contributed by atoms with Crippen molar-refractivity contribution in [1.82, 2.24) is 14.6 Å². The fourth-order valence-electron chi connectivity index (χ4n) is 3.38. The summed E-state index contributed by atoms with van der Waals surface area (Å²) in [6.07, 6.45) is 4.00. The Morgan fingerprint density at radius 3 is 2.68 bits per heavy atom. The standard InChI is InChI=1S/C17H16F3N5/c18-12-8-14(20)13(19)7-11(12)10-2-5-24(9-15(10)21)16-3-6-25-17(23-16)1-4-22-25/h1,3-4,6-8,10,15H,2,5,9,21H2/t10-,15?/m1/s1. The summed E-state index contributed by atoms with van der Waals surface area (Å²) < 4.78 is 42.3. The van der Waals surface area contributed by atoms with Gasteiger partial charge in [-0.25, -0.2) is 22.7 Å². The third-order valence-corrected chi connectivity index (χ3v) is 4.66. The molecule has 5 nitrogen and oxygen atoms in total. The van der Waals surface area contributed by atoms with Crippen molar-refractivity contribution in [2.24, 2.45) is 5.73 Å². The van der Waals surface area contributed by atoms with E-state index in [9.17, 15) is 13.2 Å². The van der Waals surface area contributed by atoms with Crippen molar-refractivity contribution in [2.75, 3.05) is 18.0 Å². The summed E-state index contributed by atoms with van der Waals surface area (Å²) in [5.74, 6) is -2.62. The van der Waals surface area contributed by atoms with E-state index in [-0.39, 0.29) is 11.5 Å². The largest absolute Gasteiger partial charge is 0.355 e. The predicted octanol–water partition coefficient (Wildman–Crippen LogP) is 2.47. The van der Waals surface area contributed by atoms with Crippen LogP contribution in [0.1, 0.15) is 17.9 Å². The molecule has 8 heteroatoms. The molecular formula is C17H16F3N5. The molecule has 2 N–H and O–H groups in total. The van der Waals surface area contributed by atoms with Gasteiger partial charge in [-0.05, 0) is 24.1 Å². The summed E-state index contributed by atoms with van der Waals surface area (Å²) in [7, 11) is 0. The van der Waals surface area contributed by atoms with Crippen LogP contribution >= 0.6 is 0 Å². The van der Waals surface area contributed by atoms with E-state index < -0.39 is 23.5 Å². The molecule has 25 heavy (non-hydrogen) atoms. The Kier molecular flexibility index (Phi) is 3.84. The minimum absolute atomic E-state index is 0.130. The van der Waals surface area contributed by atoms with Gasteiger partial charge in [0.15, 0.2) is 17.3 Å². The Morgan fingerprint density at radius 1 is 1.08 bits per heavy atom. The lowest BCUT2D eigenvalue weighted by Gasteiger charge is -2.37. The number of nitrogens with zero attached hydrogens (tertiary/aromatic N) is 4. The number of piperidine rings is 1. The van der Waals surface area contributed by atoms with E-state index in [4.69, 9.17) is 5.73 Å². The van der Waals surface area contributed by atoms with Gasteiger partial charge in [-0.3, -0.25) is 0 Å². The maximum Gasteiger partial charge on any atom is 0.161 e. The molecule has 1 saturated heterocycles. The number of hydrogen-bond acceptors (Lipinski definition) is 4. The molecule has 130 valence electrons. The Balaban J connectivity index is 1.57. The van der Waals surface area contributed by atoms with Gasteiger partial charge in [0.05, 0.1) is 6.20 Å². The molecule has 2 aromatic heterocycles.